The second-order valence-corrected chi connectivity index (χ2v) is 5.51. The number of benzene rings is 1. The van der Waals surface area contributed by atoms with Crippen molar-refractivity contribution in [2.24, 2.45) is 11.8 Å². The molecular formula is C19H27NO. The largest absolute Gasteiger partial charge is 0.497 e. The summed E-state index contributed by atoms with van der Waals surface area (Å²) < 4.78 is 137. The van der Waals surface area contributed by atoms with Crippen LogP contribution in [0.25, 0.3) is 0 Å². The average Bonchev–Trinajstić information content (AvgIpc) is 2.70. The van der Waals surface area contributed by atoms with Gasteiger partial charge in [-0.2, -0.15) is 0 Å². The maximum Gasteiger partial charge on any atom is 0.119 e. The fourth-order valence-electron chi connectivity index (χ4n) is 3.26. The zero-order valence-electron chi connectivity index (χ0n) is 26.9. The number of ether oxygens (including phenoxy) is 1. The van der Waals surface area contributed by atoms with Crippen molar-refractivity contribution in [1.82, 2.24) is 4.90 Å². The van der Waals surface area contributed by atoms with Crippen molar-refractivity contribution >= 4 is 0 Å². The molecule has 1 aromatic rings. The molecule has 2 nitrogen and oxygen atoms in total. The molecule has 1 saturated heterocycles. The summed E-state index contributed by atoms with van der Waals surface area (Å²) in [5.74, 6) is -6.15. The van der Waals surface area contributed by atoms with E-state index in [9.17, 15) is 1.37 Å². The van der Waals surface area contributed by atoms with Gasteiger partial charge in [0.1, 0.15) is 5.75 Å². The lowest BCUT2D eigenvalue weighted by Gasteiger charge is -2.59. The molecule has 1 heterocycles. The zero-order valence-corrected chi connectivity index (χ0v) is 11.9. The molecule has 3 aliphatic rings. The van der Waals surface area contributed by atoms with Gasteiger partial charge in [0, 0.05) is 32.0 Å². The van der Waals surface area contributed by atoms with E-state index in [1.807, 2.05) is 0 Å². The Morgan fingerprint density at radius 3 is 3.19 bits per heavy atom. The van der Waals surface area contributed by atoms with Crippen LogP contribution in [0.3, 0.4) is 0 Å². The maximum absolute atomic E-state index is 9.63. The molecule has 21 heavy (non-hydrogen) atoms. The molecule has 1 aromatic carbocycles. The Hall–Kier alpha value is -1.02. The third-order valence-corrected chi connectivity index (χ3v) is 4.31. The Morgan fingerprint density at radius 2 is 2.38 bits per heavy atom. The molecule has 4 atom stereocenters. The number of rotatable bonds is 1. The number of nitrogens with zero attached hydrogens (tertiary/aromatic N) is 1. The van der Waals surface area contributed by atoms with E-state index in [-0.39, 0.29) is 21.8 Å². The van der Waals surface area contributed by atoms with Gasteiger partial charge in [0.2, 0.25) is 0 Å². The van der Waals surface area contributed by atoms with E-state index in [0.29, 0.717) is 0 Å². The van der Waals surface area contributed by atoms with Gasteiger partial charge in [-0.25, -0.2) is 0 Å². The minimum absolute atomic E-state index is 0.0506. The van der Waals surface area contributed by atoms with E-state index in [0.717, 1.165) is 13.0 Å². The number of hydrogen-bond donors (Lipinski definition) is 0. The van der Waals surface area contributed by atoms with Crippen molar-refractivity contribution in [1.29, 1.82) is 0 Å². The highest BCUT2D eigenvalue weighted by Crippen LogP contribution is 2.56. The van der Waals surface area contributed by atoms with E-state index >= 15 is 0 Å². The fourth-order valence-corrected chi connectivity index (χ4v) is 3.26. The third kappa shape index (κ3) is 1.88. The number of likely N-dealkylation sites (tertiary alicyclic amines) is 1. The van der Waals surface area contributed by atoms with Gasteiger partial charge in [-0.3, -0.25) is 0 Å². The van der Waals surface area contributed by atoms with Gasteiger partial charge < -0.3 is 9.64 Å². The maximum atomic E-state index is 9.63. The predicted octanol–water partition coefficient (Wildman–Crippen LogP) is 3.63. The summed E-state index contributed by atoms with van der Waals surface area (Å²) in [5, 5.41) is 0. The first-order chi connectivity index (χ1) is 15.9. The van der Waals surface area contributed by atoms with E-state index < -0.39 is 68.6 Å². The Labute approximate surface area is 149 Å². The lowest BCUT2D eigenvalue weighted by molar-refractivity contribution is -0.0112. The molecule has 2 fully saturated rings. The summed E-state index contributed by atoms with van der Waals surface area (Å²) in [7, 11) is 1.26. The number of piperidine rings is 1. The molecule has 0 N–H and O–H groups in total. The Morgan fingerprint density at radius 1 is 1.48 bits per heavy atom. The summed E-state index contributed by atoms with van der Waals surface area (Å²) in [6.07, 6.45) is -14.6. The first-order valence-corrected chi connectivity index (χ1v) is 6.86. The second kappa shape index (κ2) is 4.74. The lowest BCUT2D eigenvalue weighted by atomic mass is 9.51. The highest BCUT2D eigenvalue weighted by molar-refractivity contribution is 5.45. The fraction of sp³-hybridized carbons (Fsp3) is 0.684. The van der Waals surface area contributed by atoms with E-state index in [4.69, 9.17) is 23.9 Å². The number of likely N-dealkylation sites (N-methyl/N-ethyl adjacent to an activating group) is 1. The van der Waals surface area contributed by atoms with Gasteiger partial charge in [-0.15, -0.1) is 0 Å². The van der Waals surface area contributed by atoms with E-state index in [2.05, 4.69) is 0 Å². The lowest BCUT2D eigenvalue weighted by Crippen LogP contribution is -2.60. The molecule has 0 aromatic heterocycles. The van der Waals surface area contributed by atoms with Crippen LogP contribution in [0.1, 0.15) is 64.1 Å². The van der Waals surface area contributed by atoms with Crippen LogP contribution in [0, 0.1) is 11.8 Å². The Kier molecular flexibility index (Phi) is 1.13. The van der Waals surface area contributed by atoms with Crippen molar-refractivity contribution in [2.75, 3.05) is 20.6 Å². The van der Waals surface area contributed by atoms with Crippen molar-refractivity contribution in [3.05, 3.63) is 29.3 Å². The number of fused-ring (bicyclic) bond motifs is 1. The normalized spacial score (nSPS) is 68.7. The van der Waals surface area contributed by atoms with Crippen LogP contribution in [0.5, 0.6) is 5.75 Å². The summed E-state index contributed by atoms with van der Waals surface area (Å²) in [6, 6.07) is 1.97. The average molecular weight is 301 g/mol. The minimum Gasteiger partial charge on any atom is -0.497 e. The van der Waals surface area contributed by atoms with Gasteiger partial charge in [0.15, 0.2) is 0 Å². The highest BCUT2D eigenvalue weighted by atomic mass is 16.5. The van der Waals surface area contributed by atoms with E-state index in [1.165, 1.54) is 19.2 Å². The van der Waals surface area contributed by atoms with Gasteiger partial charge in [0.05, 0.1) is 7.11 Å². The highest BCUT2D eigenvalue weighted by Gasteiger charge is 2.54. The van der Waals surface area contributed by atoms with Crippen LogP contribution >= 0.6 is 0 Å². The molecule has 0 radical (unpaired) electrons. The van der Waals surface area contributed by atoms with Crippen molar-refractivity contribution < 1.29 is 25.3 Å². The van der Waals surface area contributed by atoms with Gasteiger partial charge in [-0.05, 0) is 80.4 Å². The number of methoxy groups -OCH3 is 1. The second-order valence-electron chi connectivity index (χ2n) is 5.51. The quantitative estimate of drug-likeness (QED) is 0.785. The topological polar surface area (TPSA) is 12.5 Å². The Bertz CT molecular complexity index is 1110. The first kappa shape index (κ1) is 4.99. The van der Waals surface area contributed by atoms with E-state index in [1.54, 1.807) is 0 Å². The molecule has 2 aliphatic carbocycles. The molecule has 114 valence electrons. The van der Waals surface area contributed by atoms with Crippen molar-refractivity contribution in [3.63, 3.8) is 0 Å². The zero-order chi connectivity index (χ0) is 27.9. The summed E-state index contributed by atoms with van der Waals surface area (Å²) in [4.78, 5) is 0.114. The third-order valence-electron chi connectivity index (χ3n) is 4.31. The van der Waals surface area contributed by atoms with Gasteiger partial charge >= 0.3 is 0 Å². The molecule has 4 rings (SSSR count). The molecule has 1 saturated carbocycles. The summed E-state index contributed by atoms with van der Waals surface area (Å²) in [6.45, 7) is -6.12. The monoisotopic (exact) mass is 300 g/mol. The molecule has 1 unspecified atom stereocenters. The molecule has 0 amide bonds. The smallest absolute Gasteiger partial charge is 0.119 e. The molecule has 1 aliphatic heterocycles. The van der Waals surface area contributed by atoms with Crippen LogP contribution < -0.4 is 4.74 Å². The molecule has 2 heteroatoms. The van der Waals surface area contributed by atoms with Gasteiger partial charge in [0.25, 0.3) is 0 Å². The van der Waals surface area contributed by atoms with Crippen LogP contribution in [0.15, 0.2) is 18.2 Å². The van der Waals surface area contributed by atoms with Crippen molar-refractivity contribution in [3.8, 4) is 5.75 Å². The van der Waals surface area contributed by atoms with Crippen LogP contribution in [-0.4, -0.2) is 31.5 Å². The van der Waals surface area contributed by atoms with Crippen LogP contribution in [0.4, 0.5) is 0 Å². The SMILES string of the molecule is [2H]C([2H])([2H])N1[C@H]2Cc3ccc(OC)cc3[C@]3(C([2H])([2H])C1([2H])[2H])C([2H])([2H])C([2H])([2H])C([2H])(C)C([2H])([2H])[C@]23[2H]. The predicted molar refractivity (Wildman–Crippen MR) is 85.9 cm³/mol. The Balaban J connectivity index is 2.36. The van der Waals surface area contributed by atoms with Gasteiger partial charge in [-0.1, -0.05) is 13.0 Å². The van der Waals surface area contributed by atoms with Crippen LogP contribution in [0.2, 0.25) is 0 Å². The molecule has 0 spiro atoms. The molecular weight excluding hydrogens is 258 g/mol. The standard InChI is InChI=1S/C19H27NO/c1-13-6-7-19-8-9-20(2)18(17(19)10-13)11-14-4-5-15(21-3)12-16(14)19/h4-5,12-13,17-18H,6-11H2,1-3H3/t13?,17-,18+,19-/m1/s1/i2D3,6D2,7D2,8D2,9D2,10D2,13D,17D. The molecule has 2 bridgehead atoms. The first-order valence-electron chi connectivity index (χ1n) is 14.4. The number of hydrogen-bond acceptors (Lipinski definition) is 2. The van der Waals surface area contributed by atoms with Crippen molar-refractivity contribution in [2.45, 2.75) is 50.3 Å². The minimum atomic E-state index is -3.70. The summed E-state index contributed by atoms with van der Waals surface area (Å²) in [5.41, 5.74) is -3.51. The summed E-state index contributed by atoms with van der Waals surface area (Å²) >= 11 is 0. The van der Waals surface area contributed by atoms with Crippen LogP contribution in [-0.2, 0) is 11.8 Å².